The maximum Gasteiger partial charge on any atom is 0.255 e. The van der Waals surface area contributed by atoms with Gasteiger partial charge < -0.3 is 10.2 Å². The molecule has 0 radical (unpaired) electrons. The van der Waals surface area contributed by atoms with Crippen molar-refractivity contribution in [2.45, 2.75) is 26.7 Å². The molecule has 1 aromatic heterocycles. The molecule has 0 aromatic carbocycles. The topological polar surface area (TPSA) is 45.2 Å². The van der Waals surface area contributed by atoms with E-state index < -0.39 is 0 Å². The summed E-state index contributed by atoms with van der Waals surface area (Å²) < 4.78 is 0. The third kappa shape index (κ3) is 3.22. The summed E-state index contributed by atoms with van der Waals surface area (Å²) in [4.78, 5) is 18.4. The van der Waals surface area contributed by atoms with Gasteiger partial charge in [0.25, 0.3) is 5.91 Å². The van der Waals surface area contributed by atoms with Crippen molar-refractivity contribution >= 4 is 11.7 Å². The fourth-order valence-electron chi connectivity index (χ4n) is 1.96. The minimum absolute atomic E-state index is 0.0972. The summed E-state index contributed by atoms with van der Waals surface area (Å²) >= 11 is 0. The van der Waals surface area contributed by atoms with Crippen LogP contribution in [0.1, 0.15) is 37.0 Å². The molecule has 0 saturated heterocycles. The summed E-state index contributed by atoms with van der Waals surface area (Å²) in [5, 5.41) is 3.12. The van der Waals surface area contributed by atoms with Crippen LogP contribution in [0, 0.1) is 5.92 Å². The van der Waals surface area contributed by atoms with Crippen LogP contribution in [0.15, 0.2) is 18.3 Å². The average Bonchev–Trinajstić information content (AvgIpc) is 3.20. The van der Waals surface area contributed by atoms with E-state index >= 15 is 0 Å². The third-order valence-electron chi connectivity index (χ3n) is 3.21. The van der Waals surface area contributed by atoms with Gasteiger partial charge in [-0.05, 0) is 44.7 Å². The first-order valence-corrected chi connectivity index (χ1v) is 6.73. The number of carbonyl (C=O) groups is 1. The van der Waals surface area contributed by atoms with Gasteiger partial charge in [0, 0.05) is 25.8 Å². The zero-order valence-electron chi connectivity index (χ0n) is 11.1. The van der Waals surface area contributed by atoms with Crippen molar-refractivity contribution in [3.8, 4) is 0 Å². The molecule has 0 spiro atoms. The normalized spacial score (nSPS) is 14.3. The molecule has 0 bridgehead atoms. The van der Waals surface area contributed by atoms with E-state index in [4.69, 9.17) is 0 Å². The van der Waals surface area contributed by atoms with E-state index in [1.807, 2.05) is 30.9 Å². The Labute approximate surface area is 108 Å². The molecule has 1 amide bonds. The zero-order chi connectivity index (χ0) is 13.0. The molecular weight excluding hydrogens is 226 g/mol. The maximum atomic E-state index is 12.3. The molecule has 1 N–H and O–H groups in total. The summed E-state index contributed by atoms with van der Waals surface area (Å²) in [5.74, 6) is 1.64. The molecule has 1 aliphatic rings. The number of aromatic nitrogens is 1. The summed E-state index contributed by atoms with van der Waals surface area (Å²) in [7, 11) is 0. The van der Waals surface area contributed by atoms with Crippen LogP contribution in [0.4, 0.5) is 5.82 Å². The lowest BCUT2D eigenvalue weighted by Crippen LogP contribution is -2.32. The van der Waals surface area contributed by atoms with Gasteiger partial charge in [0.05, 0.1) is 5.56 Å². The minimum atomic E-state index is 0.0972. The van der Waals surface area contributed by atoms with E-state index in [-0.39, 0.29) is 5.91 Å². The van der Waals surface area contributed by atoms with Gasteiger partial charge in [-0.25, -0.2) is 4.98 Å². The van der Waals surface area contributed by atoms with Crippen molar-refractivity contribution < 1.29 is 4.79 Å². The molecule has 1 fully saturated rings. The Morgan fingerprint density at radius 2 is 2.22 bits per heavy atom. The molecule has 1 saturated carbocycles. The quantitative estimate of drug-likeness (QED) is 0.839. The number of rotatable bonds is 6. The largest absolute Gasteiger partial charge is 0.370 e. The number of hydrogen-bond acceptors (Lipinski definition) is 3. The highest BCUT2D eigenvalue weighted by molar-refractivity contribution is 5.94. The second-order valence-electron chi connectivity index (χ2n) is 4.75. The van der Waals surface area contributed by atoms with E-state index in [9.17, 15) is 4.79 Å². The number of hydrogen-bond donors (Lipinski definition) is 1. The van der Waals surface area contributed by atoms with Crippen molar-refractivity contribution in [1.82, 2.24) is 9.88 Å². The van der Waals surface area contributed by atoms with Crippen LogP contribution in [0.2, 0.25) is 0 Å². The molecule has 4 heteroatoms. The van der Waals surface area contributed by atoms with E-state index in [0.717, 1.165) is 31.4 Å². The predicted molar refractivity (Wildman–Crippen MR) is 72.7 cm³/mol. The van der Waals surface area contributed by atoms with Crippen molar-refractivity contribution in [3.63, 3.8) is 0 Å². The van der Waals surface area contributed by atoms with Crippen LogP contribution in [-0.4, -0.2) is 35.4 Å². The maximum absolute atomic E-state index is 12.3. The van der Waals surface area contributed by atoms with E-state index in [0.29, 0.717) is 5.56 Å². The second kappa shape index (κ2) is 5.85. The molecule has 1 aliphatic carbocycles. The van der Waals surface area contributed by atoms with E-state index in [1.165, 1.54) is 12.8 Å². The van der Waals surface area contributed by atoms with Gasteiger partial charge in [-0.1, -0.05) is 0 Å². The Balaban J connectivity index is 2.01. The van der Waals surface area contributed by atoms with Crippen LogP contribution >= 0.6 is 0 Å². The zero-order valence-corrected chi connectivity index (χ0v) is 11.1. The molecule has 0 atom stereocenters. The van der Waals surface area contributed by atoms with Crippen molar-refractivity contribution in [1.29, 1.82) is 0 Å². The number of nitrogens with zero attached hydrogens (tertiary/aromatic N) is 2. The molecule has 0 unspecified atom stereocenters. The minimum Gasteiger partial charge on any atom is -0.370 e. The van der Waals surface area contributed by atoms with Gasteiger partial charge >= 0.3 is 0 Å². The number of amides is 1. The first-order valence-electron chi connectivity index (χ1n) is 6.73. The highest BCUT2D eigenvalue weighted by Gasteiger charge is 2.26. The van der Waals surface area contributed by atoms with Gasteiger partial charge in [0.15, 0.2) is 0 Å². The van der Waals surface area contributed by atoms with Gasteiger partial charge in [-0.15, -0.1) is 0 Å². The van der Waals surface area contributed by atoms with Crippen LogP contribution in [0.5, 0.6) is 0 Å². The summed E-state index contributed by atoms with van der Waals surface area (Å²) in [6, 6.07) is 3.71. The first-order chi connectivity index (χ1) is 8.74. The summed E-state index contributed by atoms with van der Waals surface area (Å²) in [6.45, 7) is 6.55. The highest BCUT2D eigenvalue weighted by Crippen LogP contribution is 2.30. The molecular formula is C14H21N3O. The van der Waals surface area contributed by atoms with Gasteiger partial charge in [0.1, 0.15) is 5.82 Å². The van der Waals surface area contributed by atoms with E-state index in [2.05, 4.69) is 10.3 Å². The summed E-state index contributed by atoms with van der Waals surface area (Å²) in [6.07, 6.45) is 4.19. The van der Waals surface area contributed by atoms with Gasteiger partial charge in [-0.2, -0.15) is 0 Å². The fraction of sp³-hybridized carbons (Fsp3) is 0.571. The highest BCUT2D eigenvalue weighted by atomic mass is 16.2. The standard InChI is InChI=1S/C14H21N3O/c1-3-15-13-8-7-12(9-16-13)14(18)17(4-2)10-11-5-6-11/h7-9,11H,3-6,10H2,1-2H3,(H,15,16). The van der Waals surface area contributed by atoms with Crippen LogP contribution < -0.4 is 5.32 Å². The lowest BCUT2D eigenvalue weighted by molar-refractivity contribution is 0.0756. The predicted octanol–water partition coefficient (Wildman–Crippen LogP) is 2.39. The first kappa shape index (κ1) is 12.9. The van der Waals surface area contributed by atoms with Gasteiger partial charge in [0.2, 0.25) is 0 Å². The number of anilines is 1. The van der Waals surface area contributed by atoms with Crippen molar-refractivity contribution in [2.24, 2.45) is 5.92 Å². The Morgan fingerprint density at radius 3 is 2.72 bits per heavy atom. The van der Waals surface area contributed by atoms with Crippen molar-refractivity contribution in [2.75, 3.05) is 25.0 Å². The van der Waals surface area contributed by atoms with Crippen LogP contribution in [-0.2, 0) is 0 Å². The fourth-order valence-corrected chi connectivity index (χ4v) is 1.96. The number of pyridine rings is 1. The molecule has 98 valence electrons. The Hall–Kier alpha value is -1.58. The monoisotopic (exact) mass is 247 g/mol. The lowest BCUT2D eigenvalue weighted by atomic mass is 10.2. The molecule has 0 aliphatic heterocycles. The average molecular weight is 247 g/mol. The molecule has 2 rings (SSSR count). The SMILES string of the molecule is CCNc1ccc(C(=O)N(CC)CC2CC2)cn1. The Bertz CT molecular complexity index is 398. The lowest BCUT2D eigenvalue weighted by Gasteiger charge is -2.20. The van der Waals surface area contributed by atoms with Gasteiger partial charge in [-0.3, -0.25) is 4.79 Å². The Morgan fingerprint density at radius 1 is 1.44 bits per heavy atom. The third-order valence-corrected chi connectivity index (χ3v) is 3.21. The molecule has 18 heavy (non-hydrogen) atoms. The Kier molecular flexibility index (Phi) is 4.18. The smallest absolute Gasteiger partial charge is 0.255 e. The number of carbonyl (C=O) groups excluding carboxylic acids is 1. The second-order valence-corrected chi connectivity index (χ2v) is 4.75. The van der Waals surface area contributed by atoms with Crippen molar-refractivity contribution in [3.05, 3.63) is 23.9 Å². The summed E-state index contributed by atoms with van der Waals surface area (Å²) in [5.41, 5.74) is 0.680. The van der Waals surface area contributed by atoms with E-state index in [1.54, 1.807) is 6.20 Å². The van der Waals surface area contributed by atoms with Crippen LogP contribution in [0.25, 0.3) is 0 Å². The van der Waals surface area contributed by atoms with Crippen LogP contribution in [0.3, 0.4) is 0 Å². The molecule has 1 aromatic rings. The number of nitrogens with one attached hydrogen (secondary N) is 1. The molecule has 4 nitrogen and oxygen atoms in total. The molecule has 1 heterocycles.